The number of rotatable bonds is 4. The van der Waals surface area contributed by atoms with Crippen LogP contribution < -0.4 is 5.73 Å². The van der Waals surface area contributed by atoms with Crippen molar-refractivity contribution in [3.8, 4) is 0 Å². The Kier molecular flexibility index (Phi) is 3.69. The Morgan fingerprint density at radius 2 is 2.32 bits per heavy atom. The van der Waals surface area contributed by atoms with E-state index < -0.39 is 32.1 Å². The van der Waals surface area contributed by atoms with E-state index in [1.807, 2.05) is 0 Å². The number of nitrogen functional groups attached to an aromatic ring is 1. The molecule has 1 aliphatic heterocycles. The first-order valence-corrected chi connectivity index (χ1v) is 8.51. The van der Waals surface area contributed by atoms with Crippen LogP contribution in [0.3, 0.4) is 0 Å². The van der Waals surface area contributed by atoms with Crippen molar-refractivity contribution in [2.45, 2.75) is 12.5 Å². The van der Waals surface area contributed by atoms with Crippen molar-refractivity contribution in [1.82, 2.24) is 19.5 Å². The number of hydrogen-bond acceptors (Lipinski definition) is 7. The van der Waals surface area contributed by atoms with Crippen molar-refractivity contribution in [2.75, 3.05) is 18.7 Å². The lowest BCUT2D eigenvalue weighted by atomic mass is 10.4. The van der Waals surface area contributed by atoms with Crippen LogP contribution in [0.15, 0.2) is 24.6 Å². The van der Waals surface area contributed by atoms with E-state index in [1.54, 1.807) is 0 Å². The second-order valence-electron chi connectivity index (χ2n) is 4.84. The Labute approximate surface area is 124 Å². The number of halogens is 1. The number of nitrogens with zero attached hydrogens (tertiary/aromatic N) is 4. The maximum absolute atomic E-state index is 14.1. The number of nitrogens with two attached hydrogens (primary N) is 1. The molecule has 3 heterocycles. The third-order valence-electron chi connectivity index (χ3n) is 2.91. The highest BCUT2D eigenvalue weighted by Gasteiger charge is 2.32. The molecule has 2 unspecified atom stereocenters. The monoisotopic (exact) mass is 329 g/mol. The summed E-state index contributed by atoms with van der Waals surface area (Å²) in [6.07, 6.45) is 1.01. The fourth-order valence-corrected chi connectivity index (χ4v) is 2.41. The number of hydrogen-bond donors (Lipinski definition) is 2. The van der Waals surface area contributed by atoms with Crippen LogP contribution in [0.25, 0.3) is 11.2 Å². The summed E-state index contributed by atoms with van der Waals surface area (Å²) in [4.78, 5) is 21.0. The standard InChI is InChI=1S/C11H13FN5O4P/c1-22(18,19)5-20-7-2-6(12)11(21-7)17-4-16-8-9(13)14-3-15-10(8)17/h2-4,7,11H,5H2,1H3,(H,18,19)(H2,13,14,15)/t7?,11-/m1/s1. The Hall–Kier alpha value is -1.87. The summed E-state index contributed by atoms with van der Waals surface area (Å²) in [6.45, 7) is 1.14. The Morgan fingerprint density at radius 3 is 3.05 bits per heavy atom. The normalized spacial score (nSPS) is 24.4. The first-order chi connectivity index (χ1) is 10.3. The summed E-state index contributed by atoms with van der Waals surface area (Å²) < 4.78 is 37.0. The van der Waals surface area contributed by atoms with Crippen LogP contribution >= 0.6 is 7.37 Å². The summed E-state index contributed by atoms with van der Waals surface area (Å²) >= 11 is 0. The smallest absolute Gasteiger partial charge is 0.222 e. The van der Waals surface area contributed by atoms with E-state index in [0.717, 1.165) is 12.7 Å². The predicted octanol–water partition coefficient (Wildman–Crippen LogP) is 0.991. The minimum atomic E-state index is -3.37. The zero-order chi connectivity index (χ0) is 15.9. The molecule has 0 aliphatic carbocycles. The highest BCUT2D eigenvalue weighted by molar-refractivity contribution is 7.56. The van der Waals surface area contributed by atoms with Gasteiger partial charge in [0.25, 0.3) is 0 Å². The van der Waals surface area contributed by atoms with Crippen molar-refractivity contribution in [3.05, 3.63) is 24.6 Å². The van der Waals surface area contributed by atoms with Gasteiger partial charge in [-0.2, -0.15) is 0 Å². The Balaban J connectivity index is 1.82. The van der Waals surface area contributed by atoms with E-state index in [-0.39, 0.29) is 5.82 Å². The second kappa shape index (κ2) is 5.40. The van der Waals surface area contributed by atoms with Gasteiger partial charge in [0, 0.05) is 12.7 Å². The quantitative estimate of drug-likeness (QED) is 0.795. The molecule has 2 aromatic rings. The summed E-state index contributed by atoms with van der Waals surface area (Å²) in [7, 11) is -3.37. The maximum Gasteiger partial charge on any atom is 0.222 e. The van der Waals surface area contributed by atoms with Gasteiger partial charge in [-0.05, 0) is 0 Å². The topological polar surface area (TPSA) is 125 Å². The molecule has 22 heavy (non-hydrogen) atoms. The van der Waals surface area contributed by atoms with Gasteiger partial charge in [0.05, 0.1) is 6.33 Å². The summed E-state index contributed by atoms with van der Waals surface area (Å²) in [5.74, 6) is -0.448. The molecule has 0 aromatic carbocycles. The number of imidazole rings is 1. The van der Waals surface area contributed by atoms with E-state index in [0.29, 0.717) is 11.2 Å². The van der Waals surface area contributed by atoms with E-state index in [1.165, 1.54) is 17.2 Å². The lowest BCUT2D eigenvalue weighted by molar-refractivity contribution is -0.128. The van der Waals surface area contributed by atoms with Gasteiger partial charge in [-0.25, -0.2) is 19.3 Å². The molecule has 0 bridgehead atoms. The molecular weight excluding hydrogens is 316 g/mol. The average molecular weight is 329 g/mol. The number of fused-ring (bicyclic) bond motifs is 1. The molecular formula is C11H13FN5O4P. The zero-order valence-electron chi connectivity index (χ0n) is 11.5. The van der Waals surface area contributed by atoms with Gasteiger partial charge in [0.2, 0.25) is 7.37 Å². The molecule has 3 atom stereocenters. The summed E-state index contributed by atoms with van der Waals surface area (Å²) in [5, 5.41) is 0. The zero-order valence-corrected chi connectivity index (χ0v) is 12.4. The average Bonchev–Trinajstić information content (AvgIpc) is 3.00. The van der Waals surface area contributed by atoms with Crippen LogP contribution in [0.4, 0.5) is 10.2 Å². The van der Waals surface area contributed by atoms with Crippen LogP contribution in [-0.4, -0.2) is 43.7 Å². The molecule has 118 valence electrons. The number of ether oxygens (including phenoxy) is 2. The van der Waals surface area contributed by atoms with Gasteiger partial charge in [-0.1, -0.05) is 0 Å². The molecule has 3 N–H and O–H groups in total. The fraction of sp³-hybridized carbons (Fsp3) is 0.364. The van der Waals surface area contributed by atoms with Gasteiger partial charge < -0.3 is 20.1 Å². The van der Waals surface area contributed by atoms with E-state index in [2.05, 4.69) is 15.0 Å². The third kappa shape index (κ3) is 2.86. The Morgan fingerprint density at radius 1 is 1.55 bits per heavy atom. The molecule has 11 heteroatoms. The number of aromatic nitrogens is 4. The third-order valence-corrected chi connectivity index (χ3v) is 3.54. The van der Waals surface area contributed by atoms with Crippen molar-refractivity contribution in [1.29, 1.82) is 0 Å². The second-order valence-corrected chi connectivity index (χ2v) is 7.20. The fourth-order valence-electron chi connectivity index (χ4n) is 1.98. The van der Waals surface area contributed by atoms with Gasteiger partial charge in [0.1, 0.15) is 18.2 Å². The molecule has 9 nitrogen and oxygen atoms in total. The largest absolute Gasteiger partial charge is 0.382 e. The van der Waals surface area contributed by atoms with Gasteiger partial charge in [-0.3, -0.25) is 9.13 Å². The van der Waals surface area contributed by atoms with Crippen LogP contribution in [0.1, 0.15) is 6.23 Å². The molecule has 0 fully saturated rings. The summed E-state index contributed by atoms with van der Waals surface area (Å²) in [6, 6.07) is 0. The number of anilines is 1. The molecule has 3 rings (SSSR count). The van der Waals surface area contributed by atoms with E-state index in [4.69, 9.17) is 15.2 Å². The highest BCUT2D eigenvalue weighted by Crippen LogP contribution is 2.38. The van der Waals surface area contributed by atoms with Crippen molar-refractivity contribution in [3.63, 3.8) is 0 Å². The van der Waals surface area contributed by atoms with Crippen molar-refractivity contribution < 1.29 is 23.3 Å². The molecule has 0 spiro atoms. The van der Waals surface area contributed by atoms with Crippen LogP contribution in [0.2, 0.25) is 0 Å². The molecule has 1 aliphatic rings. The molecule has 0 radical (unpaired) electrons. The lowest BCUT2D eigenvalue weighted by Crippen LogP contribution is -2.16. The molecule has 2 aromatic heterocycles. The van der Waals surface area contributed by atoms with Crippen molar-refractivity contribution in [2.24, 2.45) is 0 Å². The predicted molar refractivity (Wildman–Crippen MR) is 74.5 cm³/mol. The minimum Gasteiger partial charge on any atom is -0.382 e. The minimum absolute atomic E-state index is 0.172. The first kappa shape index (κ1) is 15.0. The van der Waals surface area contributed by atoms with Gasteiger partial charge >= 0.3 is 0 Å². The first-order valence-electron chi connectivity index (χ1n) is 6.22. The SMILES string of the molecule is CP(=O)(O)COC1C=C(F)[C@H](n2cnc3c(N)ncnc32)O1. The Bertz CT molecular complexity index is 788. The van der Waals surface area contributed by atoms with E-state index in [9.17, 15) is 13.8 Å². The maximum atomic E-state index is 14.1. The molecule has 0 saturated heterocycles. The van der Waals surface area contributed by atoms with Crippen LogP contribution in [-0.2, 0) is 14.0 Å². The van der Waals surface area contributed by atoms with Gasteiger partial charge in [-0.15, -0.1) is 0 Å². The van der Waals surface area contributed by atoms with Gasteiger partial charge in [0.15, 0.2) is 29.8 Å². The van der Waals surface area contributed by atoms with E-state index >= 15 is 0 Å². The highest BCUT2D eigenvalue weighted by atomic mass is 31.2. The molecule has 0 amide bonds. The molecule has 0 saturated carbocycles. The van der Waals surface area contributed by atoms with Crippen molar-refractivity contribution >= 4 is 24.4 Å². The summed E-state index contributed by atoms with van der Waals surface area (Å²) in [5.41, 5.74) is 6.31. The van der Waals surface area contributed by atoms with Crippen LogP contribution in [0.5, 0.6) is 0 Å². The lowest BCUT2D eigenvalue weighted by Gasteiger charge is -2.16. The van der Waals surface area contributed by atoms with Crippen LogP contribution in [0, 0.1) is 0 Å².